The summed E-state index contributed by atoms with van der Waals surface area (Å²) in [5, 5.41) is 12.4. The van der Waals surface area contributed by atoms with Crippen LogP contribution >= 0.6 is 11.3 Å². The van der Waals surface area contributed by atoms with Crippen LogP contribution in [0.2, 0.25) is 0 Å². The largest absolute Gasteiger partial charge is 0.301 e. The van der Waals surface area contributed by atoms with E-state index in [2.05, 4.69) is 16.4 Å². The fraction of sp³-hybridized carbons (Fsp3) is 0.706. The van der Waals surface area contributed by atoms with Crippen molar-refractivity contribution in [1.82, 2.24) is 4.98 Å². The zero-order chi connectivity index (χ0) is 15.6. The summed E-state index contributed by atoms with van der Waals surface area (Å²) in [5.74, 6) is 1.08. The summed E-state index contributed by atoms with van der Waals surface area (Å²) in [4.78, 5) is 18.1. The quantitative estimate of drug-likeness (QED) is 0.891. The Morgan fingerprint density at radius 2 is 2.18 bits per heavy atom. The Hall–Kier alpha value is -1.41. The highest BCUT2D eigenvalue weighted by Gasteiger charge is 2.46. The molecule has 0 unspecified atom stereocenters. The molecule has 2 fully saturated rings. The molecule has 2 saturated carbocycles. The normalized spacial score (nSPS) is 28.6. The van der Waals surface area contributed by atoms with Crippen LogP contribution in [0.4, 0.5) is 5.13 Å². The number of carbonyl (C=O) groups excluding carboxylic acids is 1. The molecule has 0 atom stereocenters. The minimum Gasteiger partial charge on any atom is -0.301 e. The van der Waals surface area contributed by atoms with E-state index in [0.717, 1.165) is 18.0 Å². The second-order valence-electron chi connectivity index (χ2n) is 7.05. The van der Waals surface area contributed by atoms with E-state index in [1.165, 1.54) is 37.0 Å². The van der Waals surface area contributed by atoms with E-state index in [0.29, 0.717) is 18.3 Å². The minimum atomic E-state index is -0.321. The molecule has 0 saturated heterocycles. The van der Waals surface area contributed by atoms with Crippen LogP contribution in [0.1, 0.15) is 69.1 Å². The lowest BCUT2D eigenvalue weighted by atomic mass is 9.62. The number of hydrogen-bond acceptors (Lipinski definition) is 4. The van der Waals surface area contributed by atoms with Gasteiger partial charge in [-0.05, 0) is 37.5 Å². The Morgan fingerprint density at radius 1 is 1.45 bits per heavy atom. The molecule has 0 bridgehead atoms. The molecule has 0 aliphatic heterocycles. The van der Waals surface area contributed by atoms with Crippen LogP contribution in [0, 0.1) is 22.7 Å². The van der Waals surface area contributed by atoms with Crippen LogP contribution in [-0.4, -0.2) is 10.9 Å². The Kier molecular flexibility index (Phi) is 4.49. The number of nitriles is 1. The van der Waals surface area contributed by atoms with Crippen molar-refractivity contribution in [2.45, 2.75) is 64.2 Å². The van der Waals surface area contributed by atoms with E-state index in [1.54, 1.807) is 11.3 Å². The maximum absolute atomic E-state index is 12.4. The van der Waals surface area contributed by atoms with Crippen LogP contribution in [0.25, 0.3) is 0 Å². The first-order chi connectivity index (χ1) is 10.6. The third kappa shape index (κ3) is 3.17. The zero-order valence-electron chi connectivity index (χ0n) is 13.1. The molecule has 22 heavy (non-hydrogen) atoms. The van der Waals surface area contributed by atoms with Gasteiger partial charge in [-0.3, -0.25) is 4.79 Å². The van der Waals surface area contributed by atoms with E-state index >= 15 is 0 Å². The number of thiazole rings is 1. The fourth-order valence-electron chi connectivity index (χ4n) is 3.84. The fourth-order valence-corrected chi connectivity index (χ4v) is 4.82. The van der Waals surface area contributed by atoms with Crippen LogP contribution in [-0.2, 0) is 4.79 Å². The average Bonchev–Trinajstić information content (AvgIpc) is 2.95. The molecule has 1 aromatic rings. The van der Waals surface area contributed by atoms with Crippen molar-refractivity contribution in [3.63, 3.8) is 0 Å². The highest BCUT2D eigenvalue weighted by molar-refractivity contribution is 7.15. The lowest BCUT2D eigenvalue weighted by Gasteiger charge is -2.42. The van der Waals surface area contributed by atoms with E-state index in [9.17, 15) is 4.79 Å². The number of anilines is 1. The molecule has 3 rings (SSSR count). The lowest BCUT2D eigenvalue weighted by molar-refractivity contribution is -0.131. The first-order valence-electron chi connectivity index (χ1n) is 8.25. The first kappa shape index (κ1) is 15.5. The molecular formula is C17H23N3OS. The Bertz CT molecular complexity index is 577. The number of carbonyl (C=O) groups is 1. The SMILES string of the molecule is CC1(C(=O)Nc2ncc(C3CCCCC3)s2)CC(CC#N)C1. The van der Waals surface area contributed by atoms with Crippen molar-refractivity contribution in [2.24, 2.45) is 11.3 Å². The zero-order valence-corrected chi connectivity index (χ0v) is 13.9. The van der Waals surface area contributed by atoms with Crippen molar-refractivity contribution in [3.05, 3.63) is 11.1 Å². The molecule has 0 radical (unpaired) electrons. The molecule has 118 valence electrons. The molecule has 0 spiro atoms. The third-order valence-electron chi connectivity index (χ3n) is 5.16. The van der Waals surface area contributed by atoms with Gasteiger partial charge >= 0.3 is 0 Å². The standard InChI is InChI=1S/C17H23N3OS/c1-17(9-12(10-17)7-8-18)15(21)20-16-19-11-14(22-16)13-5-3-2-4-6-13/h11-13H,2-7,9-10H2,1H3,(H,19,20,21). The van der Waals surface area contributed by atoms with Gasteiger partial charge in [0.15, 0.2) is 5.13 Å². The van der Waals surface area contributed by atoms with Gasteiger partial charge < -0.3 is 5.32 Å². The smallest absolute Gasteiger partial charge is 0.232 e. The van der Waals surface area contributed by atoms with Gasteiger partial charge in [0.25, 0.3) is 0 Å². The van der Waals surface area contributed by atoms with Gasteiger partial charge in [-0.2, -0.15) is 5.26 Å². The second-order valence-corrected chi connectivity index (χ2v) is 8.12. The van der Waals surface area contributed by atoms with Crippen LogP contribution < -0.4 is 5.32 Å². The maximum atomic E-state index is 12.4. The van der Waals surface area contributed by atoms with Crippen molar-refractivity contribution >= 4 is 22.4 Å². The number of hydrogen-bond donors (Lipinski definition) is 1. The van der Waals surface area contributed by atoms with Crippen molar-refractivity contribution in [1.29, 1.82) is 5.26 Å². The van der Waals surface area contributed by atoms with Gasteiger partial charge in [-0.15, -0.1) is 11.3 Å². The number of aromatic nitrogens is 1. The first-order valence-corrected chi connectivity index (χ1v) is 9.06. The molecule has 2 aliphatic carbocycles. The minimum absolute atomic E-state index is 0.0613. The molecule has 0 aromatic carbocycles. The van der Waals surface area contributed by atoms with E-state index in [-0.39, 0.29) is 11.3 Å². The molecule has 1 aromatic heterocycles. The van der Waals surface area contributed by atoms with Crippen LogP contribution in [0.3, 0.4) is 0 Å². The number of nitrogens with one attached hydrogen (secondary N) is 1. The van der Waals surface area contributed by atoms with Crippen LogP contribution in [0.15, 0.2) is 6.20 Å². The lowest BCUT2D eigenvalue weighted by Crippen LogP contribution is -2.44. The predicted molar refractivity (Wildman–Crippen MR) is 87.6 cm³/mol. The molecular weight excluding hydrogens is 294 g/mol. The van der Waals surface area contributed by atoms with Crippen molar-refractivity contribution in [3.8, 4) is 6.07 Å². The van der Waals surface area contributed by atoms with Gasteiger partial charge in [0.2, 0.25) is 5.91 Å². The molecule has 1 amide bonds. The summed E-state index contributed by atoms with van der Waals surface area (Å²) in [7, 11) is 0. The molecule has 5 heteroatoms. The topological polar surface area (TPSA) is 65.8 Å². The average molecular weight is 317 g/mol. The summed E-state index contributed by atoms with van der Waals surface area (Å²) < 4.78 is 0. The maximum Gasteiger partial charge on any atom is 0.232 e. The van der Waals surface area contributed by atoms with E-state index in [4.69, 9.17) is 5.26 Å². The predicted octanol–water partition coefficient (Wildman–Crippen LogP) is 4.46. The van der Waals surface area contributed by atoms with Crippen LogP contribution in [0.5, 0.6) is 0 Å². The number of nitrogens with zero attached hydrogens (tertiary/aromatic N) is 2. The summed E-state index contributed by atoms with van der Waals surface area (Å²) >= 11 is 1.63. The number of rotatable bonds is 4. The van der Waals surface area contributed by atoms with Gasteiger partial charge in [-0.25, -0.2) is 4.98 Å². The monoisotopic (exact) mass is 317 g/mol. The Balaban J connectivity index is 1.56. The summed E-state index contributed by atoms with van der Waals surface area (Å²) in [6, 6.07) is 2.19. The highest BCUT2D eigenvalue weighted by Crippen LogP contribution is 2.47. The van der Waals surface area contributed by atoms with Crippen molar-refractivity contribution < 1.29 is 4.79 Å². The second kappa shape index (κ2) is 6.37. The van der Waals surface area contributed by atoms with Gasteiger partial charge in [0, 0.05) is 22.9 Å². The molecule has 1 heterocycles. The summed E-state index contributed by atoms with van der Waals surface area (Å²) in [6.07, 6.45) is 10.6. The molecule has 4 nitrogen and oxygen atoms in total. The highest BCUT2D eigenvalue weighted by atomic mass is 32.1. The Morgan fingerprint density at radius 3 is 2.86 bits per heavy atom. The van der Waals surface area contributed by atoms with Gasteiger partial charge in [0.1, 0.15) is 0 Å². The third-order valence-corrected chi connectivity index (χ3v) is 6.23. The van der Waals surface area contributed by atoms with E-state index in [1.807, 2.05) is 13.1 Å². The molecule has 1 N–H and O–H groups in total. The summed E-state index contributed by atoms with van der Waals surface area (Å²) in [6.45, 7) is 1.99. The number of amides is 1. The van der Waals surface area contributed by atoms with E-state index < -0.39 is 0 Å². The molecule has 2 aliphatic rings. The van der Waals surface area contributed by atoms with Crippen molar-refractivity contribution in [2.75, 3.05) is 5.32 Å². The summed E-state index contributed by atoms with van der Waals surface area (Å²) in [5.41, 5.74) is -0.321. The Labute approximate surface area is 135 Å². The van der Waals surface area contributed by atoms with Gasteiger partial charge in [0.05, 0.1) is 6.07 Å². The van der Waals surface area contributed by atoms with Gasteiger partial charge in [-0.1, -0.05) is 26.2 Å².